The first-order valence-corrected chi connectivity index (χ1v) is 4.03. The van der Waals surface area contributed by atoms with Gasteiger partial charge in [0.1, 0.15) is 0 Å². The van der Waals surface area contributed by atoms with E-state index in [9.17, 15) is 18.0 Å². The van der Waals surface area contributed by atoms with Crippen LogP contribution in [-0.4, -0.2) is 25.4 Å². The van der Waals surface area contributed by atoms with Crippen molar-refractivity contribution in [1.29, 1.82) is 0 Å². The molecular weight excluding hydrogens is 227 g/mol. The van der Waals surface area contributed by atoms with Crippen molar-refractivity contribution in [1.82, 2.24) is 14.4 Å². The van der Waals surface area contributed by atoms with Crippen molar-refractivity contribution in [2.24, 2.45) is 0 Å². The number of carboxylic acid groups (broad SMARTS) is 1. The molecule has 0 fully saturated rings. The van der Waals surface area contributed by atoms with Gasteiger partial charge in [0.05, 0.1) is 11.8 Å². The highest BCUT2D eigenvalue weighted by Gasteiger charge is 2.36. The SMILES string of the molecule is O=C(O)c1cnc2cnc(C(F)(F)F)n2c1. The summed E-state index contributed by atoms with van der Waals surface area (Å²) in [5.74, 6) is -2.55. The second-order valence-electron chi connectivity index (χ2n) is 2.96. The van der Waals surface area contributed by atoms with Crippen LogP contribution < -0.4 is 0 Å². The number of imidazole rings is 1. The third-order valence-electron chi connectivity index (χ3n) is 1.88. The molecule has 0 amide bonds. The molecule has 0 radical (unpaired) electrons. The van der Waals surface area contributed by atoms with E-state index in [1.807, 2.05) is 0 Å². The van der Waals surface area contributed by atoms with Gasteiger partial charge in [0.25, 0.3) is 0 Å². The maximum atomic E-state index is 12.4. The molecule has 16 heavy (non-hydrogen) atoms. The van der Waals surface area contributed by atoms with Crippen molar-refractivity contribution < 1.29 is 23.1 Å². The van der Waals surface area contributed by atoms with Crippen molar-refractivity contribution in [2.75, 3.05) is 0 Å². The van der Waals surface area contributed by atoms with Crippen molar-refractivity contribution in [2.45, 2.75) is 6.18 Å². The van der Waals surface area contributed by atoms with Crippen LogP contribution in [-0.2, 0) is 6.18 Å². The van der Waals surface area contributed by atoms with Gasteiger partial charge in [-0.2, -0.15) is 13.2 Å². The zero-order chi connectivity index (χ0) is 11.9. The van der Waals surface area contributed by atoms with Gasteiger partial charge in [-0.1, -0.05) is 0 Å². The molecule has 0 saturated carbocycles. The Kier molecular flexibility index (Phi) is 2.07. The molecule has 84 valence electrons. The first-order chi connectivity index (χ1) is 7.39. The van der Waals surface area contributed by atoms with Gasteiger partial charge in [0, 0.05) is 12.4 Å². The van der Waals surface area contributed by atoms with E-state index in [4.69, 9.17) is 5.11 Å². The van der Waals surface area contributed by atoms with E-state index in [1.54, 1.807) is 0 Å². The van der Waals surface area contributed by atoms with Crippen LogP contribution in [0.5, 0.6) is 0 Å². The number of aromatic nitrogens is 3. The van der Waals surface area contributed by atoms with Crippen LogP contribution in [0.25, 0.3) is 5.65 Å². The van der Waals surface area contributed by atoms with Gasteiger partial charge in [-0.25, -0.2) is 14.8 Å². The van der Waals surface area contributed by atoms with Crippen molar-refractivity contribution in [3.05, 3.63) is 30.0 Å². The summed E-state index contributed by atoms with van der Waals surface area (Å²) in [6.07, 6.45) is -1.92. The minimum atomic E-state index is -4.65. The van der Waals surface area contributed by atoms with Crippen LogP contribution >= 0.6 is 0 Å². The molecule has 0 unspecified atom stereocenters. The fourth-order valence-corrected chi connectivity index (χ4v) is 1.20. The van der Waals surface area contributed by atoms with Gasteiger partial charge >= 0.3 is 12.1 Å². The van der Waals surface area contributed by atoms with E-state index in [0.29, 0.717) is 4.40 Å². The predicted molar refractivity (Wildman–Crippen MR) is 44.9 cm³/mol. The van der Waals surface area contributed by atoms with Crippen LogP contribution in [0, 0.1) is 0 Å². The number of aromatic carboxylic acids is 1. The first-order valence-electron chi connectivity index (χ1n) is 4.03. The zero-order valence-electron chi connectivity index (χ0n) is 7.56. The fourth-order valence-electron chi connectivity index (χ4n) is 1.20. The lowest BCUT2D eigenvalue weighted by Gasteiger charge is -2.04. The number of carbonyl (C=O) groups is 1. The average Bonchev–Trinajstić information content (AvgIpc) is 2.58. The number of carboxylic acids is 1. The standard InChI is InChI=1S/C8H4F3N3O2/c9-8(10,11)7-13-2-5-12-1-4(6(15)16)3-14(5)7/h1-3H,(H,15,16). The number of alkyl halides is 3. The smallest absolute Gasteiger partial charge is 0.450 e. The molecule has 0 aliphatic rings. The molecule has 2 aromatic heterocycles. The van der Waals surface area contributed by atoms with E-state index in [2.05, 4.69) is 9.97 Å². The molecule has 0 aliphatic carbocycles. The molecule has 2 aromatic rings. The zero-order valence-corrected chi connectivity index (χ0v) is 7.56. The lowest BCUT2D eigenvalue weighted by atomic mass is 10.3. The first kappa shape index (κ1) is 10.4. The second kappa shape index (κ2) is 3.19. The minimum absolute atomic E-state index is 0.0580. The van der Waals surface area contributed by atoms with E-state index in [1.165, 1.54) is 0 Å². The molecule has 0 bridgehead atoms. The van der Waals surface area contributed by atoms with Crippen LogP contribution in [0.4, 0.5) is 13.2 Å². The predicted octanol–water partition coefficient (Wildman–Crippen LogP) is 1.45. The molecule has 0 spiro atoms. The molecule has 5 nitrogen and oxygen atoms in total. The Bertz CT molecular complexity index is 561. The van der Waals surface area contributed by atoms with Crippen LogP contribution in [0.1, 0.15) is 16.2 Å². The Labute approximate surface area is 86.2 Å². The average molecular weight is 231 g/mol. The van der Waals surface area contributed by atoms with E-state index < -0.39 is 18.0 Å². The fraction of sp³-hybridized carbons (Fsp3) is 0.125. The molecule has 2 heterocycles. The number of halogens is 3. The largest absolute Gasteiger partial charge is 0.478 e. The maximum Gasteiger partial charge on any atom is 0.450 e. The third kappa shape index (κ3) is 1.58. The summed E-state index contributed by atoms with van der Waals surface area (Å²) >= 11 is 0. The van der Waals surface area contributed by atoms with Gasteiger partial charge in [0.15, 0.2) is 5.65 Å². The number of fused-ring (bicyclic) bond motifs is 1. The molecular formula is C8H4F3N3O2. The summed E-state index contributed by atoms with van der Waals surface area (Å²) in [6.45, 7) is 0. The maximum absolute atomic E-state index is 12.4. The van der Waals surface area contributed by atoms with E-state index >= 15 is 0 Å². The minimum Gasteiger partial charge on any atom is -0.478 e. The molecule has 2 rings (SSSR count). The molecule has 0 atom stereocenters. The highest BCUT2D eigenvalue weighted by atomic mass is 19.4. The summed E-state index contributed by atoms with van der Waals surface area (Å²) in [6, 6.07) is 0. The number of hydrogen-bond donors (Lipinski definition) is 1. The van der Waals surface area contributed by atoms with Crippen molar-refractivity contribution in [3.63, 3.8) is 0 Å². The lowest BCUT2D eigenvalue weighted by Crippen LogP contribution is -2.12. The van der Waals surface area contributed by atoms with Gasteiger partial charge in [0.2, 0.25) is 5.82 Å². The van der Waals surface area contributed by atoms with Crippen LogP contribution in [0.3, 0.4) is 0 Å². The van der Waals surface area contributed by atoms with Crippen molar-refractivity contribution in [3.8, 4) is 0 Å². The number of hydrogen-bond acceptors (Lipinski definition) is 3. The number of nitrogens with zero attached hydrogens (tertiary/aromatic N) is 3. The van der Waals surface area contributed by atoms with Gasteiger partial charge in [-0.3, -0.25) is 4.40 Å². The monoisotopic (exact) mass is 231 g/mol. The highest BCUT2D eigenvalue weighted by Crippen LogP contribution is 2.28. The second-order valence-corrected chi connectivity index (χ2v) is 2.96. The highest BCUT2D eigenvalue weighted by molar-refractivity contribution is 5.87. The molecule has 1 N–H and O–H groups in total. The Balaban J connectivity index is 2.70. The number of rotatable bonds is 1. The van der Waals surface area contributed by atoms with Crippen molar-refractivity contribution >= 4 is 11.6 Å². The van der Waals surface area contributed by atoms with Crippen LogP contribution in [0.2, 0.25) is 0 Å². The topological polar surface area (TPSA) is 67.5 Å². The molecule has 0 aliphatic heterocycles. The third-order valence-corrected chi connectivity index (χ3v) is 1.88. The molecule has 0 aromatic carbocycles. The molecule has 8 heteroatoms. The summed E-state index contributed by atoms with van der Waals surface area (Å²) in [5, 5.41) is 8.62. The van der Waals surface area contributed by atoms with Gasteiger partial charge in [-0.05, 0) is 0 Å². The Morgan fingerprint density at radius 3 is 2.56 bits per heavy atom. The quantitative estimate of drug-likeness (QED) is 0.806. The van der Waals surface area contributed by atoms with E-state index in [-0.39, 0.29) is 11.2 Å². The molecule has 0 saturated heterocycles. The lowest BCUT2D eigenvalue weighted by molar-refractivity contribution is -0.145. The normalized spacial score (nSPS) is 11.9. The van der Waals surface area contributed by atoms with Crippen LogP contribution in [0.15, 0.2) is 18.6 Å². The van der Waals surface area contributed by atoms with E-state index in [0.717, 1.165) is 18.6 Å². The van der Waals surface area contributed by atoms with Gasteiger partial charge in [-0.15, -0.1) is 0 Å². The Morgan fingerprint density at radius 1 is 1.31 bits per heavy atom. The summed E-state index contributed by atoms with van der Waals surface area (Å²) in [7, 11) is 0. The Hall–Kier alpha value is -2.12. The summed E-state index contributed by atoms with van der Waals surface area (Å²) < 4.78 is 37.9. The Morgan fingerprint density at radius 2 is 2.00 bits per heavy atom. The summed E-state index contributed by atoms with van der Waals surface area (Å²) in [4.78, 5) is 17.3. The van der Waals surface area contributed by atoms with Gasteiger partial charge < -0.3 is 5.11 Å². The summed E-state index contributed by atoms with van der Waals surface area (Å²) in [5.41, 5.74) is -0.395.